The lowest BCUT2D eigenvalue weighted by molar-refractivity contribution is -0.384. The van der Waals surface area contributed by atoms with E-state index in [1.54, 1.807) is 17.0 Å². The average molecular weight is 368 g/mol. The fraction of sp³-hybridized carbons (Fsp3) is 0.350. The Morgan fingerprint density at radius 3 is 2.44 bits per heavy atom. The first-order valence-electron chi connectivity index (χ1n) is 9.02. The van der Waals surface area contributed by atoms with Crippen LogP contribution in [0.4, 0.5) is 11.4 Å². The summed E-state index contributed by atoms with van der Waals surface area (Å²) in [5.74, 6) is 0.0997. The van der Waals surface area contributed by atoms with Crippen LogP contribution in [0.3, 0.4) is 0 Å². The molecule has 1 heterocycles. The summed E-state index contributed by atoms with van der Waals surface area (Å²) in [7, 11) is 1.83. The molecule has 0 unspecified atom stereocenters. The zero-order chi connectivity index (χ0) is 19.2. The van der Waals surface area contributed by atoms with Crippen LogP contribution >= 0.6 is 0 Å². The highest BCUT2D eigenvalue weighted by molar-refractivity contribution is 5.78. The molecule has 0 saturated carbocycles. The van der Waals surface area contributed by atoms with E-state index in [4.69, 9.17) is 0 Å². The summed E-state index contributed by atoms with van der Waals surface area (Å²) in [5.41, 5.74) is 2.08. The van der Waals surface area contributed by atoms with Crippen molar-refractivity contribution in [1.82, 2.24) is 9.80 Å². The minimum absolute atomic E-state index is 0.0997. The molecule has 142 valence electrons. The average Bonchev–Trinajstić information content (AvgIpc) is 2.69. The van der Waals surface area contributed by atoms with E-state index in [1.807, 2.05) is 43.4 Å². The fourth-order valence-corrected chi connectivity index (χ4v) is 3.22. The molecule has 1 aliphatic heterocycles. The maximum absolute atomic E-state index is 12.5. The second-order valence-electron chi connectivity index (χ2n) is 6.78. The number of nitrogens with zero attached hydrogens (tertiary/aromatic N) is 4. The molecule has 7 nitrogen and oxygen atoms in total. The minimum Gasteiger partial charge on any atom is -0.369 e. The smallest absolute Gasteiger partial charge is 0.271 e. The molecule has 0 bridgehead atoms. The Bertz CT molecular complexity index is 789. The summed E-state index contributed by atoms with van der Waals surface area (Å²) in [6, 6.07) is 16.6. The van der Waals surface area contributed by atoms with E-state index in [2.05, 4.69) is 9.80 Å². The van der Waals surface area contributed by atoms with Gasteiger partial charge in [-0.05, 0) is 11.6 Å². The van der Waals surface area contributed by atoms with Crippen molar-refractivity contribution in [2.75, 3.05) is 44.7 Å². The van der Waals surface area contributed by atoms with Crippen LogP contribution < -0.4 is 4.90 Å². The second-order valence-corrected chi connectivity index (χ2v) is 6.78. The van der Waals surface area contributed by atoms with E-state index >= 15 is 0 Å². The number of hydrogen-bond acceptors (Lipinski definition) is 5. The van der Waals surface area contributed by atoms with Crippen molar-refractivity contribution in [1.29, 1.82) is 0 Å². The number of nitro benzene ring substituents is 1. The van der Waals surface area contributed by atoms with Crippen molar-refractivity contribution in [3.8, 4) is 0 Å². The lowest BCUT2D eigenvalue weighted by Gasteiger charge is -2.36. The number of benzene rings is 2. The zero-order valence-corrected chi connectivity index (χ0v) is 15.5. The Morgan fingerprint density at radius 1 is 1.07 bits per heavy atom. The van der Waals surface area contributed by atoms with Crippen LogP contribution in [-0.2, 0) is 11.3 Å². The van der Waals surface area contributed by atoms with Crippen molar-refractivity contribution < 1.29 is 9.72 Å². The third kappa shape index (κ3) is 5.04. The highest BCUT2D eigenvalue weighted by atomic mass is 16.6. The molecule has 0 aromatic heterocycles. The summed E-state index contributed by atoms with van der Waals surface area (Å²) >= 11 is 0. The summed E-state index contributed by atoms with van der Waals surface area (Å²) in [6.07, 6.45) is 0. The third-order valence-electron chi connectivity index (χ3n) is 4.83. The largest absolute Gasteiger partial charge is 0.369 e. The molecule has 0 spiro atoms. The monoisotopic (exact) mass is 368 g/mol. The summed E-state index contributed by atoms with van der Waals surface area (Å²) in [6.45, 7) is 4.01. The van der Waals surface area contributed by atoms with Crippen LogP contribution in [-0.4, -0.2) is 60.4 Å². The predicted octanol–water partition coefficient (Wildman–Crippen LogP) is 2.38. The van der Waals surface area contributed by atoms with Gasteiger partial charge in [-0.2, -0.15) is 0 Å². The van der Waals surface area contributed by atoms with E-state index in [9.17, 15) is 14.9 Å². The number of piperazine rings is 1. The van der Waals surface area contributed by atoms with Gasteiger partial charge in [0.2, 0.25) is 5.91 Å². The van der Waals surface area contributed by atoms with E-state index in [0.717, 1.165) is 37.4 Å². The zero-order valence-electron chi connectivity index (χ0n) is 15.5. The number of anilines is 1. The Hall–Kier alpha value is -2.93. The fourth-order valence-electron chi connectivity index (χ4n) is 3.22. The van der Waals surface area contributed by atoms with Crippen LogP contribution in [0.1, 0.15) is 5.56 Å². The Labute approximate surface area is 158 Å². The van der Waals surface area contributed by atoms with Crippen molar-refractivity contribution in [2.45, 2.75) is 6.54 Å². The lowest BCUT2D eigenvalue weighted by Crippen LogP contribution is -2.49. The number of hydrogen-bond donors (Lipinski definition) is 0. The molecule has 1 fully saturated rings. The minimum atomic E-state index is -0.374. The number of amides is 1. The number of non-ortho nitro benzene ring substituents is 1. The van der Waals surface area contributed by atoms with E-state index < -0.39 is 0 Å². The molecular weight excluding hydrogens is 344 g/mol. The third-order valence-corrected chi connectivity index (χ3v) is 4.83. The Morgan fingerprint density at radius 2 is 1.78 bits per heavy atom. The molecule has 2 aromatic carbocycles. The van der Waals surface area contributed by atoms with Gasteiger partial charge >= 0.3 is 0 Å². The van der Waals surface area contributed by atoms with Gasteiger partial charge in [0.25, 0.3) is 5.69 Å². The van der Waals surface area contributed by atoms with Crippen molar-refractivity contribution in [3.05, 3.63) is 70.3 Å². The normalized spacial score (nSPS) is 14.8. The topological polar surface area (TPSA) is 69.9 Å². The molecule has 2 aromatic rings. The molecule has 3 rings (SSSR count). The van der Waals surface area contributed by atoms with Crippen LogP contribution in [0.15, 0.2) is 54.6 Å². The van der Waals surface area contributed by atoms with Gasteiger partial charge in [-0.15, -0.1) is 0 Å². The Balaban J connectivity index is 1.49. The highest BCUT2D eigenvalue weighted by Crippen LogP contribution is 2.22. The second kappa shape index (κ2) is 8.64. The molecule has 0 radical (unpaired) electrons. The molecule has 0 aliphatic carbocycles. The quantitative estimate of drug-likeness (QED) is 0.578. The van der Waals surface area contributed by atoms with Gasteiger partial charge in [-0.25, -0.2) is 0 Å². The predicted molar refractivity (Wildman–Crippen MR) is 105 cm³/mol. The van der Waals surface area contributed by atoms with Gasteiger partial charge in [0.1, 0.15) is 0 Å². The van der Waals surface area contributed by atoms with Crippen LogP contribution in [0.5, 0.6) is 0 Å². The number of likely N-dealkylation sites (N-methyl/N-ethyl adjacent to an activating group) is 1. The molecule has 0 N–H and O–H groups in total. The van der Waals surface area contributed by atoms with E-state index in [-0.39, 0.29) is 16.5 Å². The molecule has 1 saturated heterocycles. The molecule has 7 heteroatoms. The van der Waals surface area contributed by atoms with Crippen LogP contribution in [0, 0.1) is 10.1 Å². The van der Waals surface area contributed by atoms with Gasteiger partial charge < -0.3 is 9.80 Å². The maximum atomic E-state index is 12.5. The highest BCUT2D eigenvalue weighted by Gasteiger charge is 2.21. The lowest BCUT2D eigenvalue weighted by atomic mass is 10.2. The number of rotatable bonds is 6. The van der Waals surface area contributed by atoms with Crippen molar-refractivity contribution in [3.63, 3.8) is 0 Å². The first kappa shape index (κ1) is 18.8. The first-order chi connectivity index (χ1) is 13.0. The first-order valence-corrected chi connectivity index (χ1v) is 9.02. The summed E-state index contributed by atoms with van der Waals surface area (Å²) in [5, 5.41) is 10.9. The van der Waals surface area contributed by atoms with Gasteiger partial charge in [0.05, 0.1) is 11.5 Å². The SMILES string of the molecule is CN(Cc1ccccc1)C(=O)CN1CCN(c2cccc([N+](=O)[O-])c2)CC1. The molecular formula is C20H24N4O3. The van der Waals surface area contributed by atoms with E-state index in [0.29, 0.717) is 13.1 Å². The van der Waals surface area contributed by atoms with Crippen molar-refractivity contribution in [2.24, 2.45) is 0 Å². The van der Waals surface area contributed by atoms with Gasteiger partial charge in [0.15, 0.2) is 0 Å². The van der Waals surface area contributed by atoms with E-state index in [1.165, 1.54) is 6.07 Å². The summed E-state index contributed by atoms with van der Waals surface area (Å²) in [4.78, 5) is 29.1. The standard InChI is InChI=1S/C20H24N4O3/c1-21(15-17-6-3-2-4-7-17)20(25)16-22-10-12-23(13-11-22)18-8-5-9-19(14-18)24(26)27/h2-9,14H,10-13,15-16H2,1H3. The van der Waals surface area contributed by atoms with Crippen LogP contribution in [0.2, 0.25) is 0 Å². The number of carbonyl (C=O) groups excluding carboxylic acids is 1. The number of nitro groups is 1. The molecule has 0 atom stereocenters. The van der Waals surface area contributed by atoms with Gasteiger partial charge in [-0.3, -0.25) is 19.8 Å². The summed E-state index contributed by atoms with van der Waals surface area (Å²) < 4.78 is 0. The molecule has 1 amide bonds. The number of carbonyl (C=O) groups is 1. The van der Waals surface area contributed by atoms with Gasteiger partial charge in [-0.1, -0.05) is 36.4 Å². The van der Waals surface area contributed by atoms with Gasteiger partial charge in [0, 0.05) is 57.6 Å². The van der Waals surface area contributed by atoms with Crippen LogP contribution in [0.25, 0.3) is 0 Å². The Kier molecular flexibility index (Phi) is 6.03. The molecule has 27 heavy (non-hydrogen) atoms. The van der Waals surface area contributed by atoms with Crippen molar-refractivity contribution >= 4 is 17.3 Å². The maximum Gasteiger partial charge on any atom is 0.271 e. The molecule has 1 aliphatic rings.